The topological polar surface area (TPSA) is 27.7 Å². The van der Waals surface area contributed by atoms with Crippen LogP contribution in [-0.2, 0) is 9.47 Å². The van der Waals surface area contributed by atoms with Crippen LogP contribution in [-0.4, -0.2) is 38.9 Å². The van der Waals surface area contributed by atoms with Crippen molar-refractivity contribution in [2.75, 3.05) is 38.9 Å². The molecule has 0 spiro atoms. The van der Waals surface area contributed by atoms with Gasteiger partial charge in [-0.25, -0.2) is 0 Å². The van der Waals surface area contributed by atoms with E-state index in [0.29, 0.717) is 38.9 Å². The first-order chi connectivity index (χ1) is 8.33. The monoisotopic (exact) mass is 258 g/mol. The summed E-state index contributed by atoms with van der Waals surface area (Å²) in [5, 5.41) is 0. The van der Waals surface area contributed by atoms with Crippen molar-refractivity contribution in [3.8, 4) is 5.75 Å². The van der Waals surface area contributed by atoms with E-state index in [9.17, 15) is 0 Å². The summed E-state index contributed by atoms with van der Waals surface area (Å²) in [4.78, 5) is 0. The summed E-state index contributed by atoms with van der Waals surface area (Å²) >= 11 is 5.46. The molecule has 0 saturated carbocycles. The maximum absolute atomic E-state index is 5.50. The summed E-state index contributed by atoms with van der Waals surface area (Å²) < 4.78 is 16.0. The number of benzene rings is 1. The van der Waals surface area contributed by atoms with Crippen molar-refractivity contribution in [1.29, 1.82) is 0 Å². The lowest BCUT2D eigenvalue weighted by Gasteiger charge is -2.07. The van der Waals surface area contributed by atoms with Gasteiger partial charge in [-0.3, -0.25) is 0 Å². The van der Waals surface area contributed by atoms with Crippen molar-refractivity contribution >= 4 is 11.6 Å². The van der Waals surface area contributed by atoms with Crippen LogP contribution >= 0.6 is 11.6 Å². The summed E-state index contributed by atoms with van der Waals surface area (Å²) in [6.45, 7) is 4.90. The predicted molar refractivity (Wildman–Crippen MR) is 69.0 cm³/mol. The Labute approximate surface area is 108 Å². The molecule has 1 rings (SSSR count). The minimum absolute atomic E-state index is 0.524. The Morgan fingerprint density at radius 1 is 0.882 bits per heavy atom. The molecular weight excluding hydrogens is 240 g/mol. The molecule has 0 unspecified atom stereocenters. The molecule has 0 atom stereocenters. The Balaban J connectivity index is 1.95. The van der Waals surface area contributed by atoms with E-state index in [4.69, 9.17) is 25.8 Å². The van der Waals surface area contributed by atoms with Crippen molar-refractivity contribution in [1.82, 2.24) is 0 Å². The van der Waals surface area contributed by atoms with Gasteiger partial charge in [-0.05, 0) is 19.1 Å². The minimum atomic E-state index is 0.524. The van der Waals surface area contributed by atoms with Gasteiger partial charge in [-0.1, -0.05) is 17.7 Å². The molecule has 0 radical (unpaired) electrons. The van der Waals surface area contributed by atoms with E-state index in [0.717, 1.165) is 5.75 Å². The molecule has 96 valence electrons. The van der Waals surface area contributed by atoms with Crippen LogP contribution < -0.4 is 4.74 Å². The fourth-order valence-corrected chi connectivity index (χ4v) is 1.34. The lowest BCUT2D eigenvalue weighted by Crippen LogP contribution is -2.11. The Kier molecular flexibility index (Phi) is 7.80. The van der Waals surface area contributed by atoms with Crippen LogP contribution in [0.2, 0.25) is 0 Å². The number of ether oxygens (including phenoxy) is 3. The second-order valence-electron chi connectivity index (χ2n) is 3.58. The first-order valence-corrected chi connectivity index (χ1v) is 6.27. The van der Waals surface area contributed by atoms with Gasteiger partial charge in [-0.2, -0.15) is 0 Å². The highest BCUT2D eigenvalue weighted by Gasteiger charge is 1.93. The third-order valence-corrected chi connectivity index (χ3v) is 2.27. The molecule has 0 heterocycles. The number of aryl methyl sites for hydroxylation is 1. The van der Waals surface area contributed by atoms with E-state index in [1.807, 2.05) is 31.2 Å². The van der Waals surface area contributed by atoms with Gasteiger partial charge in [0.1, 0.15) is 12.4 Å². The number of alkyl halides is 1. The van der Waals surface area contributed by atoms with Crippen LogP contribution in [0.5, 0.6) is 5.75 Å². The molecule has 17 heavy (non-hydrogen) atoms. The number of hydrogen-bond acceptors (Lipinski definition) is 3. The van der Waals surface area contributed by atoms with Gasteiger partial charge in [0.15, 0.2) is 0 Å². The molecule has 0 amide bonds. The molecule has 0 N–H and O–H groups in total. The van der Waals surface area contributed by atoms with Crippen molar-refractivity contribution in [3.63, 3.8) is 0 Å². The molecule has 0 bridgehead atoms. The molecule has 4 heteroatoms. The smallest absolute Gasteiger partial charge is 0.119 e. The third-order valence-electron chi connectivity index (χ3n) is 2.11. The molecule has 1 aromatic rings. The van der Waals surface area contributed by atoms with Gasteiger partial charge < -0.3 is 14.2 Å². The van der Waals surface area contributed by atoms with Crippen LogP contribution in [0.25, 0.3) is 0 Å². The standard InChI is InChI=1S/C13H19ClO3/c1-12-2-4-13(5-3-12)17-11-10-16-9-8-15-7-6-14/h2-5H,6-11H2,1H3. The summed E-state index contributed by atoms with van der Waals surface area (Å²) in [6, 6.07) is 7.96. The first-order valence-electron chi connectivity index (χ1n) is 5.74. The van der Waals surface area contributed by atoms with Crippen molar-refractivity contribution in [2.24, 2.45) is 0 Å². The maximum atomic E-state index is 5.50. The van der Waals surface area contributed by atoms with Crippen LogP contribution in [0.15, 0.2) is 24.3 Å². The Morgan fingerprint density at radius 2 is 1.47 bits per heavy atom. The summed E-state index contributed by atoms with van der Waals surface area (Å²) in [5.41, 5.74) is 1.23. The van der Waals surface area contributed by atoms with Crippen molar-refractivity contribution in [3.05, 3.63) is 29.8 Å². The summed E-state index contributed by atoms with van der Waals surface area (Å²) in [6.07, 6.45) is 0. The summed E-state index contributed by atoms with van der Waals surface area (Å²) in [7, 11) is 0. The lowest BCUT2D eigenvalue weighted by atomic mass is 10.2. The number of halogens is 1. The second kappa shape index (κ2) is 9.28. The van der Waals surface area contributed by atoms with E-state index in [-0.39, 0.29) is 0 Å². The van der Waals surface area contributed by atoms with Gasteiger partial charge in [0.05, 0.1) is 26.4 Å². The average Bonchev–Trinajstić information content (AvgIpc) is 2.35. The highest BCUT2D eigenvalue weighted by atomic mass is 35.5. The van der Waals surface area contributed by atoms with E-state index >= 15 is 0 Å². The number of hydrogen-bond donors (Lipinski definition) is 0. The van der Waals surface area contributed by atoms with E-state index < -0.39 is 0 Å². The molecule has 0 aliphatic heterocycles. The number of rotatable bonds is 9. The fraction of sp³-hybridized carbons (Fsp3) is 0.538. The zero-order valence-corrected chi connectivity index (χ0v) is 10.9. The predicted octanol–water partition coefficient (Wildman–Crippen LogP) is 2.65. The zero-order chi connectivity index (χ0) is 12.3. The van der Waals surface area contributed by atoms with Gasteiger partial charge in [0, 0.05) is 5.88 Å². The first kappa shape index (κ1) is 14.3. The van der Waals surface area contributed by atoms with E-state index in [1.54, 1.807) is 0 Å². The molecule has 0 aliphatic rings. The van der Waals surface area contributed by atoms with Crippen LogP contribution in [0, 0.1) is 6.92 Å². The van der Waals surface area contributed by atoms with Crippen LogP contribution in [0.4, 0.5) is 0 Å². The normalized spacial score (nSPS) is 10.5. The highest BCUT2D eigenvalue weighted by Crippen LogP contribution is 2.10. The molecule has 0 saturated heterocycles. The zero-order valence-electron chi connectivity index (χ0n) is 10.2. The van der Waals surface area contributed by atoms with E-state index in [2.05, 4.69) is 0 Å². The minimum Gasteiger partial charge on any atom is -0.491 e. The maximum Gasteiger partial charge on any atom is 0.119 e. The average molecular weight is 259 g/mol. The van der Waals surface area contributed by atoms with Crippen LogP contribution in [0.3, 0.4) is 0 Å². The quantitative estimate of drug-likeness (QED) is 0.503. The fourth-order valence-electron chi connectivity index (χ4n) is 1.23. The molecule has 0 aliphatic carbocycles. The molecule has 3 nitrogen and oxygen atoms in total. The Bertz CT molecular complexity index is 287. The Morgan fingerprint density at radius 3 is 2.12 bits per heavy atom. The second-order valence-corrected chi connectivity index (χ2v) is 3.95. The van der Waals surface area contributed by atoms with Gasteiger partial charge >= 0.3 is 0 Å². The van der Waals surface area contributed by atoms with Gasteiger partial charge in [0.2, 0.25) is 0 Å². The lowest BCUT2D eigenvalue weighted by molar-refractivity contribution is 0.0410. The van der Waals surface area contributed by atoms with E-state index in [1.165, 1.54) is 5.56 Å². The molecular formula is C13H19ClO3. The molecule has 1 aromatic carbocycles. The molecule has 0 aromatic heterocycles. The van der Waals surface area contributed by atoms with Crippen LogP contribution in [0.1, 0.15) is 5.56 Å². The Hall–Kier alpha value is -0.770. The SMILES string of the molecule is Cc1ccc(OCCOCCOCCCl)cc1. The summed E-state index contributed by atoms with van der Waals surface area (Å²) in [5.74, 6) is 1.40. The van der Waals surface area contributed by atoms with Gasteiger partial charge in [-0.15, -0.1) is 11.6 Å². The van der Waals surface area contributed by atoms with Crippen molar-refractivity contribution in [2.45, 2.75) is 6.92 Å². The third kappa shape index (κ3) is 7.21. The largest absolute Gasteiger partial charge is 0.491 e. The van der Waals surface area contributed by atoms with Crippen molar-refractivity contribution < 1.29 is 14.2 Å². The highest BCUT2D eigenvalue weighted by molar-refractivity contribution is 6.17. The van der Waals surface area contributed by atoms with Gasteiger partial charge in [0.25, 0.3) is 0 Å². The molecule has 0 fully saturated rings.